The van der Waals surface area contributed by atoms with Crippen LogP contribution >= 0.6 is 0 Å². The number of nitrogens with one attached hydrogen (secondary N) is 2. The van der Waals surface area contributed by atoms with Crippen molar-refractivity contribution in [1.82, 2.24) is 10.6 Å². The molecule has 2 amide bonds. The Balaban J connectivity index is 2.23. The molecule has 3 N–H and O–H groups in total. The van der Waals surface area contributed by atoms with Crippen LogP contribution in [0, 0.1) is 5.92 Å². The van der Waals surface area contributed by atoms with E-state index in [4.69, 9.17) is 9.84 Å². The van der Waals surface area contributed by atoms with Crippen LogP contribution in [-0.4, -0.2) is 43.5 Å². The molecule has 1 aliphatic rings. The Hall–Kier alpha value is -1.07. The second-order valence-corrected chi connectivity index (χ2v) is 4.14. The van der Waals surface area contributed by atoms with Gasteiger partial charge in [0, 0.05) is 25.7 Å². The minimum Gasteiger partial charge on any atom is -0.396 e. The van der Waals surface area contributed by atoms with Crippen molar-refractivity contribution >= 4 is 6.03 Å². The molecule has 0 aliphatic heterocycles. The van der Waals surface area contributed by atoms with Gasteiger partial charge in [-0.2, -0.15) is 0 Å². The molecule has 1 unspecified atom stereocenters. The Morgan fingerprint density at radius 3 is 2.94 bits per heavy atom. The van der Waals surface area contributed by atoms with E-state index >= 15 is 0 Å². The number of carbonyl (C=O) groups is 1. The standard InChI is InChI=1S/C11H20N2O3/c1-8(7-16-2)12-11(15)13-10-4-3-9(5-10)6-14/h3-4,8-10,14H,5-7H2,1-2H3,(H2,12,13,15)/t8?,9-,10+/m0/s1. The second kappa shape index (κ2) is 6.50. The Kier molecular flexibility index (Phi) is 5.28. The largest absolute Gasteiger partial charge is 0.396 e. The van der Waals surface area contributed by atoms with E-state index in [0.29, 0.717) is 6.61 Å². The Bertz CT molecular complexity index is 256. The Morgan fingerprint density at radius 1 is 1.62 bits per heavy atom. The van der Waals surface area contributed by atoms with Gasteiger partial charge in [-0.05, 0) is 13.3 Å². The maximum absolute atomic E-state index is 11.5. The van der Waals surface area contributed by atoms with Gasteiger partial charge in [0.05, 0.1) is 12.6 Å². The normalized spacial score (nSPS) is 25.4. The van der Waals surface area contributed by atoms with Crippen LogP contribution in [0.5, 0.6) is 0 Å². The van der Waals surface area contributed by atoms with E-state index in [1.54, 1.807) is 7.11 Å². The van der Waals surface area contributed by atoms with Gasteiger partial charge in [-0.25, -0.2) is 4.79 Å². The summed E-state index contributed by atoms with van der Waals surface area (Å²) >= 11 is 0. The van der Waals surface area contributed by atoms with Gasteiger partial charge >= 0.3 is 6.03 Å². The number of aliphatic hydroxyl groups is 1. The number of carbonyl (C=O) groups excluding carboxylic acids is 1. The Labute approximate surface area is 95.9 Å². The number of amides is 2. The van der Waals surface area contributed by atoms with E-state index in [-0.39, 0.29) is 30.6 Å². The molecule has 3 atom stereocenters. The molecule has 0 radical (unpaired) electrons. The summed E-state index contributed by atoms with van der Waals surface area (Å²) in [6.45, 7) is 2.51. The molecular weight excluding hydrogens is 208 g/mol. The summed E-state index contributed by atoms with van der Waals surface area (Å²) in [5, 5.41) is 14.5. The van der Waals surface area contributed by atoms with Crippen molar-refractivity contribution in [2.75, 3.05) is 20.3 Å². The highest BCUT2D eigenvalue weighted by molar-refractivity contribution is 5.74. The molecule has 0 saturated carbocycles. The van der Waals surface area contributed by atoms with Crippen molar-refractivity contribution in [3.63, 3.8) is 0 Å². The number of hydrogen-bond donors (Lipinski definition) is 3. The van der Waals surface area contributed by atoms with Gasteiger partial charge in [0.25, 0.3) is 0 Å². The molecule has 5 heteroatoms. The lowest BCUT2D eigenvalue weighted by molar-refractivity contribution is 0.170. The third kappa shape index (κ3) is 4.20. The van der Waals surface area contributed by atoms with Crippen molar-refractivity contribution in [2.45, 2.75) is 25.4 Å². The van der Waals surface area contributed by atoms with E-state index in [1.165, 1.54) is 0 Å². The molecule has 0 saturated heterocycles. The van der Waals surface area contributed by atoms with E-state index in [9.17, 15) is 4.79 Å². The van der Waals surface area contributed by atoms with Crippen LogP contribution in [0.1, 0.15) is 13.3 Å². The van der Waals surface area contributed by atoms with E-state index in [0.717, 1.165) is 6.42 Å². The average molecular weight is 228 g/mol. The molecule has 0 bridgehead atoms. The summed E-state index contributed by atoms with van der Waals surface area (Å²) in [5.74, 6) is 0.168. The second-order valence-electron chi connectivity index (χ2n) is 4.14. The van der Waals surface area contributed by atoms with Crippen LogP contribution in [0.15, 0.2) is 12.2 Å². The number of aliphatic hydroxyl groups excluding tert-OH is 1. The molecule has 0 spiro atoms. The summed E-state index contributed by atoms with van der Waals surface area (Å²) in [6, 6.07) is -0.186. The van der Waals surface area contributed by atoms with Crippen molar-refractivity contribution in [1.29, 1.82) is 0 Å². The molecule has 0 aromatic heterocycles. The van der Waals surface area contributed by atoms with Crippen molar-refractivity contribution in [3.05, 3.63) is 12.2 Å². The summed E-state index contributed by atoms with van der Waals surface area (Å²) < 4.78 is 4.92. The van der Waals surface area contributed by atoms with Crippen LogP contribution in [0.4, 0.5) is 4.79 Å². The highest BCUT2D eigenvalue weighted by Gasteiger charge is 2.19. The van der Waals surface area contributed by atoms with E-state index in [1.807, 2.05) is 19.1 Å². The van der Waals surface area contributed by atoms with Crippen LogP contribution in [0.25, 0.3) is 0 Å². The maximum atomic E-state index is 11.5. The van der Waals surface area contributed by atoms with Gasteiger partial charge < -0.3 is 20.5 Å². The fourth-order valence-electron chi connectivity index (χ4n) is 1.74. The lowest BCUT2D eigenvalue weighted by atomic mass is 10.1. The number of ether oxygens (including phenoxy) is 1. The highest BCUT2D eigenvalue weighted by atomic mass is 16.5. The highest BCUT2D eigenvalue weighted by Crippen LogP contribution is 2.16. The molecule has 92 valence electrons. The quantitative estimate of drug-likeness (QED) is 0.591. The van der Waals surface area contributed by atoms with Gasteiger partial charge in [-0.3, -0.25) is 0 Å². The number of methoxy groups -OCH3 is 1. The Morgan fingerprint density at radius 2 is 2.38 bits per heavy atom. The summed E-state index contributed by atoms with van der Waals surface area (Å²) in [6.07, 6.45) is 4.62. The lowest BCUT2D eigenvalue weighted by Gasteiger charge is -2.17. The molecule has 1 rings (SSSR count). The average Bonchev–Trinajstić information content (AvgIpc) is 2.65. The smallest absolute Gasteiger partial charge is 0.315 e. The molecule has 16 heavy (non-hydrogen) atoms. The predicted molar refractivity (Wildman–Crippen MR) is 61.1 cm³/mol. The first-order chi connectivity index (χ1) is 7.65. The SMILES string of the molecule is COCC(C)NC(=O)N[C@@H]1C=C[C@H](CO)C1. The van der Waals surface area contributed by atoms with E-state index in [2.05, 4.69) is 10.6 Å². The van der Waals surface area contributed by atoms with Gasteiger partial charge in [-0.1, -0.05) is 12.2 Å². The van der Waals surface area contributed by atoms with Crippen molar-refractivity contribution < 1.29 is 14.6 Å². The monoisotopic (exact) mass is 228 g/mol. The molecule has 5 nitrogen and oxygen atoms in total. The van der Waals surface area contributed by atoms with Gasteiger partial charge in [0.15, 0.2) is 0 Å². The lowest BCUT2D eigenvalue weighted by Crippen LogP contribution is -2.45. The topological polar surface area (TPSA) is 70.6 Å². The van der Waals surface area contributed by atoms with Crippen LogP contribution < -0.4 is 10.6 Å². The zero-order valence-electron chi connectivity index (χ0n) is 9.77. The van der Waals surface area contributed by atoms with Crippen LogP contribution in [-0.2, 0) is 4.74 Å². The zero-order valence-corrected chi connectivity index (χ0v) is 9.77. The van der Waals surface area contributed by atoms with Gasteiger partial charge in [-0.15, -0.1) is 0 Å². The molecule has 0 aromatic carbocycles. The molecule has 0 aromatic rings. The first kappa shape index (κ1) is 13.0. The van der Waals surface area contributed by atoms with Gasteiger partial charge in [0.2, 0.25) is 0 Å². The minimum absolute atomic E-state index is 0.0102. The fourth-order valence-corrected chi connectivity index (χ4v) is 1.74. The molecule has 0 fully saturated rings. The van der Waals surface area contributed by atoms with Crippen molar-refractivity contribution in [3.8, 4) is 0 Å². The summed E-state index contributed by atoms with van der Waals surface area (Å²) in [7, 11) is 1.60. The predicted octanol–water partition coefficient (Wildman–Crippen LogP) is 0.257. The van der Waals surface area contributed by atoms with Crippen LogP contribution in [0.3, 0.4) is 0 Å². The first-order valence-electron chi connectivity index (χ1n) is 5.50. The van der Waals surface area contributed by atoms with Crippen molar-refractivity contribution in [2.24, 2.45) is 5.92 Å². The summed E-state index contributed by atoms with van der Waals surface area (Å²) in [4.78, 5) is 11.5. The zero-order chi connectivity index (χ0) is 12.0. The first-order valence-corrected chi connectivity index (χ1v) is 5.50. The molecule has 0 heterocycles. The third-order valence-corrected chi connectivity index (χ3v) is 2.52. The number of hydrogen-bond acceptors (Lipinski definition) is 3. The van der Waals surface area contributed by atoms with E-state index < -0.39 is 0 Å². The number of urea groups is 1. The maximum Gasteiger partial charge on any atom is 0.315 e. The molecular formula is C11H20N2O3. The third-order valence-electron chi connectivity index (χ3n) is 2.52. The minimum atomic E-state index is -0.196. The molecule has 1 aliphatic carbocycles. The van der Waals surface area contributed by atoms with Gasteiger partial charge in [0.1, 0.15) is 0 Å². The summed E-state index contributed by atoms with van der Waals surface area (Å²) in [5.41, 5.74) is 0. The van der Waals surface area contributed by atoms with Crippen LogP contribution in [0.2, 0.25) is 0 Å². The fraction of sp³-hybridized carbons (Fsp3) is 0.727. The number of rotatable bonds is 5.